The van der Waals surface area contributed by atoms with Crippen molar-refractivity contribution in [3.8, 4) is 11.5 Å². The average Bonchev–Trinajstić information content (AvgIpc) is 2.85. The minimum atomic E-state index is 0.0139. The zero-order valence-electron chi connectivity index (χ0n) is 19.0. The SMILES string of the molecule is COc1ccccc1C1CN(C(=O)c2ccccc2OCCN2CCOCC2)CCN1C. The molecule has 4 rings (SSSR count). The number of benzene rings is 2. The van der Waals surface area contributed by atoms with E-state index < -0.39 is 0 Å². The number of methoxy groups -OCH3 is 1. The number of nitrogens with zero attached hydrogens (tertiary/aromatic N) is 3. The number of amides is 1. The summed E-state index contributed by atoms with van der Waals surface area (Å²) in [5.41, 5.74) is 1.72. The quantitative estimate of drug-likeness (QED) is 0.661. The average molecular weight is 440 g/mol. The number of carbonyl (C=O) groups excluding carboxylic acids is 1. The summed E-state index contributed by atoms with van der Waals surface area (Å²) in [4.78, 5) is 20.0. The number of piperazine rings is 1. The Kier molecular flexibility index (Phi) is 7.63. The number of likely N-dealkylation sites (N-methyl/N-ethyl adjacent to an activating group) is 1. The summed E-state index contributed by atoms with van der Waals surface area (Å²) in [6, 6.07) is 15.7. The molecule has 0 radical (unpaired) electrons. The second-order valence-corrected chi connectivity index (χ2v) is 8.29. The Morgan fingerprint density at radius 1 is 1.00 bits per heavy atom. The lowest BCUT2D eigenvalue weighted by Gasteiger charge is -2.40. The van der Waals surface area contributed by atoms with Gasteiger partial charge in [0.25, 0.3) is 5.91 Å². The van der Waals surface area contributed by atoms with Crippen molar-refractivity contribution in [2.24, 2.45) is 0 Å². The van der Waals surface area contributed by atoms with Crippen molar-refractivity contribution in [3.63, 3.8) is 0 Å². The smallest absolute Gasteiger partial charge is 0.257 e. The lowest BCUT2D eigenvalue weighted by atomic mass is 10.0. The van der Waals surface area contributed by atoms with Gasteiger partial charge in [-0.05, 0) is 25.2 Å². The highest BCUT2D eigenvalue weighted by molar-refractivity contribution is 5.97. The van der Waals surface area contributed by atoms with E-state index in [0.717, 1.165) is 50.7 Å². The van der Waals surface area contributed by atoms with Crippen molar-refractivity contribution in [1.29, 1.82) is 0 Å². The molecule has 0 bridgehead atoms. The van der Waals surface area contributed by atoms with Crippen molar-refractivity contribution in [2.75, 3.05) is 73.2 Å². The maximum Gasteiger partial charge on any atom is 0.257 e. The zero-order chi connectivity index (χ0) is 22.3. The standard InChI is InChI=1S/C25H33N3O4/c1-26-11-12-28(19-22(26)20-7-3-5-9-23(20)30-2)25(29)21-8-4-6-10-24(21)32-18-15-27-13-16-31-17-14-27/h3-10,22H,11-19H2,1-2H3. The van der Waals surface area contributed by atoms with Crippen molar-refractivity contribution in [3.05, 3.63) is 59.7 Å². The van der Waals surface area contributed by atoms with Crippen LogP contribution in [0, 0.1) is 0 Å². The Labute approximate surface area is 190 Å². The maximum atomic E-state index is 13.5. The number of para-hydroxylation sites is 2. The van der Waals surface area contributed by atoms with Crippen LogP contribution >= 0.6 is 0 Å². The molecule has 2 aromatic rings. The van der Waals surface area contributed by atoms with Crippen LogP contribution in [-0.2, 0) is 4.74 Å². The van der Waals surface area contributed by atoms with Gasteiger partial charge in [-0.1, -0.05) is 30.3 Å². The molecule has 172 valence electrons. The molecule has 7 heteroatoms. The van der Waals surface area contributed by atoms with Crippen molar-refractivity contribution >= 4 is 5.91 Å². The Morgan fingerprint density at radius 3 is 2.50 bits per heavy atom. The first-order valence-electron chi connectivity index (χ1n) is 11.3. The molecule has 2 saturated heterocycles. The summed E-state index contributed by atoms with van der Waals surface area (Å²) in [6.45, 7) is 6.87. The van der Waals surface area contributed by atoms with Crippen molar-refractivity contribution < 1.29 is 19.0 Å². The van der Waals surface area contributed by atoms with E-state index >= 15 is 0 Å². The van der Waals surface area contributed by atoms with Gasteiger partial charge in [-0.2, -0.15) is 0 Å². The molecule has 1 atom stereocenters. The van der Waals surface area contributed by atoms with Crippen LogP contribution in [-0.4, -0.2) is 93.9 Å². The summed E-state index contributed by atoms with van der Waals surface area (Å²) in [5.74, 6) is 1.52. The Hall–Kier alpha value is -2.61. The number of rotatable bonds is 7. The highest BCUT2D eigenvalue weighted by atomic mass is 16.5. The molecule has 0 N–H and O–H groups in total. The van der Waals surface area contributed by atoms with Crippen LogP contribution in [0.5, 0.6) is 11.5 Å². The number of hydrogen-bond donors (Lipinski definition) is 0. The third-order valence-electron chi connectivity index (χ3n) is 6.32. The van der Waals surface area contributed by atoms with Gasteiger partial charge in [0.1, 0.15) is 18.1 Å². The molecule has 1 unspecified atom stereocenters. The fraction of sp³-hybridized carbons (Fsp3) is 0.480. The third kappa shape index (κ3) is 5.23. The van der Waals surface area contributed by atoms with E-state index in [1.165, 1.54) is 0 Å². The molecule has 2 aromatic carbocycles. The van der Waals surface area contributed by atoms with Crippen LogP contribution in [0.4, 0.5) is 0 Å². The van der Waals surface area contributed by atoms with E-state index in [2.05, 4.69) is 22.9 Å². The molecule has 32 heavy (non-hydrogen) atoms. The van der Waals surface area contributed by atoms with E-state index in [-0.39, 0.29) is 11.9 Å². The first-order valence-corrected chi connectivity index (χ1v) is 11.3. The van der Waals surface area contributed by atoms with Crippen LogP contribution in [0.15, 0.2) is 48.5 Å². The fourth-order valence-corrected chi connectivity index (χ4v) is 4.38. The maximum absolute atomic E-state index is 13.5. The van der Waals surface area contributed by atoms with Gasteiger partial charge in [-0.25, -0.2) is 0 Å². The fourth-order valence-electron chi connectivity index (χ4n) is 4.38. The lowest BCUT2D eigenvalue weighted by Crippen LogP contribution is -2.49. The number of ether oxygens (including phenoxy) is 3. The van der Waals surface area contributed by atoms with Crippen LogP contribution < -0.4 is 9.47 Å². The van der Waals surface area contributed by atoms with Gasteiger partial charge in [0.05, 0.1) is 31.9 Å². The molecule has 0 aromatic heterocycles. The molecule has 2 heterocycles. The Balaban J connectivity index is 1.44. The first-order chi connectivity index (χ1) is 15.7. The molecule has 0 spiro atoms. The highest BCUT2D eigenvalue weighted by Crippen LogP contribution is 2.32. The van der Waals surface area contributed by atoms with Crippen LogP contribution in [0.1, 0.15) is 22.0 Å². The molecular weight excluding hydrogens is 406 g/mol. The molecule has 0 aliphatic carbocycles. The predicted octanol–water partition coefficient (Wildman–Crippen LogP) is 2.54. The van der Waals surface area contributed by atoms with Gasteiger partial charge in [0.2, 0.25) is 0 Å². The molecule has 7 nitrogen and oxygen atoms in total. The molecule has 1 amide bonds. The molecule has 0 saturated carbocycles. The largest absolute Gasteiger partial charge is 0.496 e. The van der Waals surface area contributed by atoms with Gasteiger partial charge in [0.15, 0.2) is 0 Å². The molecular formula is C25H33N3O4. The topological polar surface area (TPSA) is 54.5 Å². The summed E-state index contributed by atoms with van der Waals surface area (Å²) < 4.78 is 17.0. The second-order valence-electron chi connectivity index (χ2n) is 8.29. The van der Waals surface area contributed by atoms with Crippen LogP contribution in [0.3, 0.4) is 0 Å². The lowest BCUT2D eigenvalue weighted by molar-refractivity contribution is 0.0321. The third-order valence-corrected chi connectivity index (χ3v) is 6.32. The second kappa shape index (κ2) is 10.8. The minimum absolute atomic E-state index is 0.0139. The predicted molar refractivity (Wildman–Crippen MR) is 123 cm³/mol. The summed E-state index contributed by atoms with van der Waals surface area (Å²) in [5, 5.41) is 0. The van der Waals surface area contributed by atoms with Crippen LogP contribution in [0.2, 0.25) is 0 Å². The molecule has 2 aliphatic heterocycles. The first kappa shape index (κ1) is 22.6. The summed E-state index contributed by atoms with van der Waals surface area (Å²) >= 11 is 0. The number of hydrogen-bond acceptors (Lipinski definition) is 6. The van der Waals surface area contributed by atoms with Crippen molar-refractivity contribution in [1.82, 2.24) is 14.7 Å². The van der Waals surface area contributed by atoms with Crippen LogP contribution in [0.25, 0.3) is 0 Å². The van der Waals surface area contributed by atoms with E-state index in [1.807, 2.05) is 47.4 Å². The van der Waals surface area contributed by atoms with E-state index in [4.69, 9.17) is 14.2 Å². The van der Waals surface area contributed by atoms with Gasteiger partial charge in [-0.15, -0.1) is 0 Å². The summed E-state index contributed by atoms with van der Waals surface area (Å²) in [7, 11) is 3.79. The number of carbonyl (C=O) groups is 1. The minimum Gasteiger partial charge on any atom is -0.496 e. The van der Waals surface area contributed by atoms with Gasteiger partial charge in [0, 0.05) is 44.8 Å². The zero-order valence-corrected chi connectivity index (χ0v) is 19.0. The van der Waals surface area contributed by atoms with Crippen molar-refractivity contribution in [2.45, 2.75) is 6.04 Å². The molecule has 2 aliphatic rings. The number of morpholine rings is 1. The monoisotopic (exact) mass is 439 g/mol. The highest BCUT2D eigenvalue weighted by Gasteiger charge is 2.31. The Morgan fingerprint density at radius 2 is 1.72 bits per heavy atom. The van der Waals surface area contributed by atoms with E-state index in [0.29, 0.717) is 31.0 Å². The van der Waals surface area contributed by atoms with E-state index in [9.17, 15) is 4.79 Å². The van der Waals surface area contributed by atoms with Gasteiger partial charge in [-0.3, -0.25) is 14.6 Å². The van der Waals surface area contributed by atoms with Gasteiger partial charge < -0.3 is 19.1 Å². The normalized spacial score (nSPS) is 20.2. The molecule has 2 fully saturated rings. The summed E-state index contributed by atoms with van der Waals surface area (Å²) in [6.07, 6.45) is 0. The van der Waals surface area contributed by atoms with Gasteiger partial charge >= 0.3 is 0 Å². The van der Waals surface area contributed by atoms with E-state index in [1.54, 1.807) is 7.11 Å². The Bertz CT molecular complexity index is 900.